The number of nitrogens with zero attached hydrogens (tertiary/aromatic N) is 6. The Morgan fingerprint density at radius 3 is 2.15 bits per heavy atom. The van der Waals surface area contributed by atoms with Gasteiger partial charge in [-0.3, -0.25) is 4.79 Å². The van der Waals surface area contributed by atoms with Crippen molar-refractivity contribution in [2.75, 3.05) is 57.0 Å². The zero-order chi connectivity index (χ0) is 27.6. The second-order valence-corrected chi connectivity index (χ2v) is 9.82. The lowest BCUT2D eigenvalue weighted by Gasteiger charge is -2.36. The third kappa shape index (κ3) is 5.37. The van der Waals surface area contributed by atoms with Crippen LogP contribution in [0.4, 0.5) is 20.4 Å². The first-order valence-electron chi connectivity index (χ1n) is 13.1. The Morgan fingerprint density at radius 1 is 0.949 bits per heavy atom. The van der Waals surface area contributed by atoms with Gasteiger partial charge < -0.3 is 15.1 Å². The average molecular weight is 533 g/mol. The van der Waals surface area contributed by atoms with Crippen LogP contribution in [0.15, 0.2) is 71.6 Å². The largest absolute Gasteiger partial charge is 0.373 e. The number of likely N-dealkylation sites (N-methyl/N-ethyl adjacent to an activating group) is 1. The van der Waals surface area contributed by atoms with Gasteiger partial charge in [0.25, 0.3) is 5.91 Å². The number of piperazine rings is 1. The van der Waals surface area contributed by atoms with Crippen molar-refractivity contribution in [1.82, 2.24) is 14.9 Å². The number of halogens is 2. The Hall–Kier alpha value is -4.18. The fourth-order valence-electron chi connectivity index (χ4n) is 5.29. The Morgan fingerprint density at radius 2 is 1.56 bits per heavy atom. The average Bonchev–Trinajstić information content (AvgIpc) is 3.25. The van der Waals surface area contributed by atoms with Gasteiger partial charge in [0.15, 0.2) is 12.2 Å². The molecule has 3 aromatic rings. The van der Waals surface area contributed by atoms with E-state index in [0.717, 1.165) is 39.7 Å². The van der Waals surface area contributed by atoms with E-state index in [1.807, 2.05) is 32.0 Å². The molecule has 8 nitrogen and oxygen atoms in total. The van der Waals surface area contributed by atoms with E-state index >= 15 is 0 Å². The maximum atomic E-state index is 13.8. The van der Waals surface area contributed by atoms with Crippen LogP contribution in [0.1, 0.15) is 24.5 Å². The third-order valence-electron chi connectivity index (χ3n) is 7.27. The Balaban J connectivity index is 1.41. The van der Waals surface area contributed by atoms with Crippen LogP contribution < -0.4 is 10.2 Å². The number of allylic oxidation sites excluding steroid dienone is 1. The van der Waals surface area contributed by atoms with E-state index < -0.39 is 0 Å². The van der Waals surface area contributed by atoms with Gasteiger partial charge in [0.05, 0.1) is 7.05 Å². The summed E-state index contributed by atoms with van der Waals surface area (Å²) in [5, 5.41) is 8.08. The predicted octanol–water partition coefficient (Wildman–Crippen LogP) is 4.13. The van der Waals surface area contributed by atoms with Crippen molar-refractivity contribution in [3.63, 3.8) is 0 Å². The van der Waals surface area contributed by atoms with Crippen LogP contribution in [0.3, 0.4) is 0 Å². The summed E-state index contributed by atoms with van der Waals surface area (Å²) >= 11 is 0. The van der Waals surface area contributed by atoms with E-state index in [9.17, 15) is 13.6 Å². The quantitative estimate of drug-likeness (QED) is 0.464. The molecular formula is C29H32F2N7O+. The lowest BCUT2D eigenvalue weighted by Crippen LogP contribution is -2.53. The number of hydrogen-bond acceptors (Lipinski definition) is 6. The molecule has 0 saturated carbocycles. The van der Waals surface area contributed by atoms with E-state index in [1.54, 1.807) is 24.3 Å². The number of nitrogens with one attached hydrogen (secondary N) is 1. The molecular weight excluding hydrogens is 500 g/mol. The molecule has 202 valence electrons. The number of quaternary nitrogens is 1. The van der Waals surface area contributed by atoms with E-state index in [1.165, 1.54) is 30.6 Å². The van der Waals surface area contributed by atoms with Gasteiger partial charge in [-0.25, -0.2) is 18.7 Å². The first-order chi connectivity index (χ1) is 18.8. The lowest BCUT2D eigenvalue weighted by molar-refractivity contribution is -0.836. The molecule has 1 N–H and O–H groups in total. The van der Waals surface area contributed by atoms with E-state index in [0.29, 0.717) is 32.6 Å². The number of hydrogen-bond donors (Lipinski definition) is 1. The van der Waals surface area contributed by atoms with Crippen molar-refractivity contribution >= 4 is 29.0 Å². The Bertz CT molecular complexity index is 1410. The molecule has 2 aliphatic rings. The van der Waals surface area contributed by atoms with Crippen molar-refractivity contribution < 1.29 is 18.2 Å². The van der Waals surface area contributed by atoms with Crippen LogP contribution in [0.25, 0.3) is 5.70 Å². The van der Waals surface area contributed by atoms with E-state index in [-0.39, 0.29) is 28.7 Å². The Kier molecular flexibility index (Phi) is 7.38. The standard InChI is InChI=1S/C29H32F2N7O/c1-4-24-28(20-5-9-22(30)10-6-20)35-38(3,29(24)21-7-11-23(31)12-8-21)18-27(39)37-15-13-36(14-16-37)26-17-25(32-2)33-19-34-26/h5-12,17,19H,4,13-16,18H2,1-3H3,(H,32,33,34)/q+1. The highest BCUT2D eigenvalue weighted by Crippen LogP contribution is 2.39. The molecule has 1 amide bonds. The zero-order valence-electron chi connectivity index (χ0n) is 22.4. The molecule has 1 fully saturated rings. The number of carbonyl (C=O) groups excluding carboxylic acids is 1. The summed E-state index contributed by atoms with van der Waals surface area (Å²) in [6, 6.07) is 14.4. The topological polar surface area (TPSA) is 73.7 Å². The molecule has 0 bridgehead atoms. The fourth-order valence-corrected chi connectivity index (χ4v) is 5.29. The van der Waals surface area contributed by atoms with Crippen LogP contribution in [0, 0.1) is 11.6 Å². The fraction of sp³-hybridized carbons (Fsp3) is 0.310. The molecule has 3 heterocycles. The highest BCUT2D eigenvalue weighted by Gasteiger charge is 2.43. The normalized spacial score (nSPS) is 19.4. The number of anilines is 2. The molecule has 1 unspecified atom stereocenters. The molecule has 0 radical (unpaired) electrons. The third-order valence-corrected chi connectivity index (χ3v) is 7.27. The molecule has 0 aliphatic carbocycles. The van der Waals surface area contributed by atoms with Crippen molar-refractivity contribution in [3.05, 3.63) is 89.3 Å². The van der Waals surface area contributed by atoms with Gasteiger partial charge in [-0.1, -0.05) is 12.0 Å². The second kappa shape index (κ2) is 10.9. The molecule has 2 aromatic carbocycles. The highest BCUT2D eigenvalue weighted by atomic mass is 19.1. The van der Waals surface area contributed by atoms with E-state index in [2.05, 4.69) is 20.2 Å². The summed E-state index contributed by atoms with van der Waals surface area (Å²) in [4.78, 5) is 26.2. The molecule has 0 spiro atoms. The summed E-state index contributed by atoms with van der Waals surface area (Å²) in [5.41, 5.74) is 4.11. The van der Waals surface area contributed by atoms with Gasteiger partial charge >= 0.3 is 0 Å². The SMILES string of the molecule is CCC1=C(c2ccc(F)cc2)[N+](C)(CC(=O)N2CCN(c3cc(NC)ncn3)CC2)N=C1c1ccc(F)cc1. The van der Waals surface area contributed by atoms with Crippen LogP contribution in [-0.2, 0) is 4.79 Å². The number of benzene rings is 2. The highest BCUT2D eigenvalue weighted by molar-refractivity contribution is 6.17. The summed E-state index contributed by atoms with van der Waals surface area (Å²) in [5.74, 6) is 0.891. The molecule has 2 aliphatic heterocycles. The second-order valence-electron chi connectivity index (χ2n) is 9.82. The Labute approximate surface area is 226 Å². The maximum Gasteiger partial charge on any atom is 0.280 e. The van der Waals surface area contributed by atoms with Gasteiger partial charge in [-0.2, -0.15) is 4.59 Å². The van der Waals surface area contributed by atoms with Gasteiger partial charge in [0, 0.05) is 56.0 Å². The predicted molar refractivity (Wildman–Crippen MR) is 148 cm³/mol. The number of amides is 1. The van der Waals surface area contributed by atoms with Crippen molar-refractivity contribution in [1.29, 1.82) is 0 Å². The van der Waals surface area contributed by atoms with Crippen molar-refractivity contribution in [2.45, 2.75) is 13.3 Å². The molecule has 1 atom stereocenters. The summed E-state index contributed by atoms with van der Waals surface area (Å²) in [6.07, 6.45) is 2.18. The molecule has 39 heavy (non-hydrogen) atoms. The van der Waals surface area contributed by atoms with Gasteiger partial charge in [-0.15, -0.1) is 0 Å². The summed E-state index contributed by atoms with van der Waals surface area (Å²) < 4.78 is 27.5. The minimum Gasteiger partial charge on any atom is -0.373 e. The monoisotopic (exact) mass is 532 g/mol. The van der Waals surface area contributed by atoms with Gasteiger partial charge in [0.1, 0.15) is 35.3 Å². The smallest absolute Gasteiger partial charge is 0.280 e. The molecule has 1 saturated heterocycles. The first kappa shape index (κ1) is 26.4. The number of aromatic nitrogens is 2. The van der Waals surface area contributed by atoms with Gasteiger partial charge in [-0.05, 0) is 55.0 Å². The van der Waals surface area contributed by atoms with Gasteiger partial charge in [0.2, 0.25) is 0 Å². The summed E-state index contributed by atoms with van der Waals surface area (Å²) in [7, 11) is 3.71. The molecule has 10 heteroatoms. The number of rotatable bonds is 7. The van der Waals surface area contributed by atoms with Crippen molar-refractivity contribution in [3.8, 4) is 0 Å². The first-order valence-corrected chi connectivity index (χ1v) is 13.1. The molecule has 1 aromatic heterocycles. The number of carbonyl (C=O) groups is 1. The summed E-state index contributed by atoms with van der Waals surface area (Å²) in [6.45, 7) is 4.56. The minimum atomic E-state index is -0.330. The van der Waals surface area contributed by atoms with Crippen LogP contribution in [0.5, 0.6) is 0 Å². The van der Waals surface area contributed by atoms with Crippen LogP contribution >= 0.6 is 0 Å². The van der Waals surface area contributed by atoms with Crippen LogP contribution in [0.2, 0.25) is 0 Å². The maximum absolute atomic E-state index is 13.8. The van der Waals surface area contributed by atoms with Crippen LogP contribution in [-0.4, -0.2) is 77.9 Å². The molecule has 5 rings (SSSR count). The van der Waals surface area contributed by atoms with Crippen molar-refractivity contribution in [2.24, 2.45) is 5.10 Å². The van der Waals surface area contributed by atoms with E-state index in [4.69, 9.17) is 5.10 Å². The zero-order valence-corrected chi connectivity index (χ0v) is 22.4. The minimum absolute atomic E-state index is 0.00198. The lowest BCUT2D eigenvalue weighted by atomic mass is 9.96.